The molecule has 0 fully saturated rings. The van der Waals surface area contributed by atoms with Gasteiger partial charge in [-0.2, -0.15) is 0 Å². The van der Waals surface area contributed by atoms with Crippen LogP contribution < -0.4 is 5.32 Å². The van der Waals surface area contributed by atoms with Crippen LogP contribution in [0.2, 0.25) is 10.0 Å². The Balaban J connectivity index is 2.63. The monoisotopic (exact) mass is 302 g/mol. The number of rotatable bonds is 7. The van der Waals surface area contributed by atoms with E-state index in [1.54, 1.807) is 18.2 Å². The van der Waals surface area contributed by atoms with Gasteiger partial charge in [-0.25, -0.2) is 0 Å². The van der Waals surface area contributed by atoms with Gasteiger partial charge >= 0.3 is 0 Å². The van der Waals surface area contributed by atoms with Crippen molar-refractivity contribution < 1.29 is 4.79 Å². The van der Waals surface area contributed by atoms with Crippen molar-refractivity contribution in [3.05, 3.63) is 28.2 Å². The lowest BCUT2D eigenvalue weighted by molar-refractivity contribution is -0.117. The van der Waals surface area contributed by atoms with Gasteiger partial charge < -0.3 is 5.32 Å². The highest BCUT2D eigenvalue weighted by atomic mass is 35.5. The smallest absolute Gasteiger partial charge is 0.238 e. The lowest BCUT2D eigenvalue weighted by atomic mass is 10.3. The predicted molar refractivity (Wildman–Crippen MR) is 82.1 cm³/mol. The molecule has 1 aromatic carbocycles. The number of nitrogens with zero attached hydrogens (tertiary/aromatic N) is 1. The minimum atomic E-state index is -0.0862. The molecule has 0 aliphatic carbocycles. The summed E-state index contributed by atoms with van der Waals surface area (Å²) < 4.78 is 0. The second-order valence-electron chi connectivity index (χ2n) is 4.42. The Morgan fingerprint density at radius 1 is 1.16 bits per heavy atom. The van der Waals surface area contributed by atoms with Crippen molar-refractivity contribution in [2.45, 2.75) is 26.7 Å². The predicted octanol–water partition coefficient (Wildman–Crippen LogP) is 4.05. The SMILES string of the molecule is CCCN(CCC)CC(=O)Nc1c(Cl)cccc1Cl. The average Bonchev–Trinajstić information content (AvgIpc) is 2.35. The van der Waals surface area contributed by atoms with Crippen LogP contribution >= 0.6 is 23.2 Å². The van der Waals surface area contributed by atoms with E-state index in [0.29, 0.717) is 22.3 Å². The van der Waals surface area contributed by atoms with E-state index < -0.39 is 0 Å². The summed E-state index contributed by atoms with van der Waals surface area (Å²) in [6, 6.07) is 5.17. The van der Waals surface area contributed by atoms with E-state index in [-0.39, 0.29) is 5.91 Å². The highest BCUT2D eigenvalue weighted by molar-refractivity contribution is 6.39. The molecule has 5 heteroatoms. The molecule has 0 saturated heterocycles. The Kier molecular flexibility index (Phi) is 7.21. The summed E-state index contributed by atoms with van der Waals surface area (Å²) in [4.78, 5) is 14.1. The number of carbonyl (C=O) groups is 1. The molecular weight excluding hydrogens is 283 g/mol. The van der Waals surface area contributed by atoms with Crippen molar-refractivity contribution in [2.24, 2.45) is 0 Å². The van der Waals surface area contributed by atoms with Crippen LogP contribution in [0.25, 0.3) is 0 Å². The largest absolute Gasteiger partial charge is 0.322 e. The highest BCUT2D eigenvalue weighted by Gasteiger charge is 2.12. The van der Waals surface area contributed by atoms with Gasteiger partial charge in [0.05, 0.1) is 22.3 Å². The van der Waals surface area contributed by atoms with Gasteiger partial charge in [-0.3, -0.25) is 9.69 Å². The minimum Gasteiger partial charge on any atom is -0.322 e. The first-order valence-electron chi connectivity index (χ1n) is 6.54. The maximum atomic E-state index is 12.0. The molecule has 0 aromatic heterocycles. The van der Waals surface area contributed by atoms with Crippen LogP contribution in [0.5, 0.6) is 0 Å². The van der Waals surface area contributed by atoms with Crippen molar-refractivity contribution in [3.63, 3.8) is 0 Å². The molecule has 0 aliphatic rings. The lowest BCUT2D eigenvalue weighted by Crippen LogP contribution is -2.34. The fourth-order valence-electron chi connectivity index (χ4n) is 1.90. The van der Waals surface area contributed by atoms with E-state index >= 15 is 0 Å². The normalized spacial score (nSPS) is 10.8. The standard InChI is InChI=1S/C14H20Cl2N2O/c1-3-8-18(9-4-2)10-13(19)17-14-11(15)6-5-7-12(14)16/h5-7H,3-4,8-10H2,1-2H3,(H,17,19). The maximum absolute atomic E-state index is 12.0. The Labute approximate surface area is 124 Å². The molecular formula is C14H20Cl2N2O. The lowest BCUT2D eigenvalue weighted by Gasteiger charge is -2.20. The molecule has 106 valence electrons. The van der Waals surface area contributed by atoms with Gasteiger partial charge in [0.25, 0.3) is 0 Å². The van der Waals surface area contributed by atoms with Crippen molar-refractivity contribution in [1.82, 2.24) is 4.90 Å². The molecule has 0 spiro atoms. The molecule has 1 rings (SSSR count). The molecule has 0 bridgehead atoms. The summed E-state index contributed by atoms with van der Waals surface area (Å²) in [5, 5.41) is 3.69. The van der Waals surface area contributed by atoms with Gasteiger partial charge in [0.1, 0.15) is 0 Å². The number of hydrogen-bond donors (Lipinski definition) is 1. The number of carbonyl (C=O) groups excluding carboxylic acids is 1. The first kappa shape index (κ1) is 16.3. The van der Waals surface area contributed by atoms with Crippen molar-refractivity contribution >= 4 is 34.8 Å². The zero-order valence-corrected chi connectivity index (χ0v) is 12.9. The fourth-order valence-corrected chi connectivity index (χ4v) is 2.39. The number of hydrogen-bond acceptors (Lipinski definition) is 2. The van der Waals surface area contributed by atoms with Gasteiger partial charge in [0.15, 0.2) is 0 Å². The number of benzene rings is 1. The highest BCUT2D eigenvalue weighted by Crippen LogP contribution is 2.29. The topological polar surface area (TPSA) is 32.3 Å². The third-order valence-corrected chi connectivity index (χ3v) is 3.30. The Morgan fingerprint density at radius 2 is 1.68 bits per heavy atom. The maximum Gasteiger partial charge on any atom is 0.238 e. The summed E-state index contributed by atoms with van der Waals surface area (Å²) in [6.07, 6.45) is 2.06. The third kappa shape index (κ3) is 5.39. The number of anilines is 1. The molecule has 1 aromatic rings. The van der Waals surface area contributed by atoms with Crippen LogP contribution in [0, 0.1) is 0 Å². The van der Waals surface area contributed by atoms with Crippen molar-refractivity contribution in [3.8, 4) is 0 Å². The van der Waals surface area contributed by atoms with E-state index in [2.05, 4.69) is 24.1 Å². The average molecular weight is 303 g/mol. The van der Waals surface area contributed by atoms with Crippen LogP contribution in [-0.2, 0) is 4.79 Å². The van der Waals surface area contributed by atoms with E-state index in [4.69, 9.17) is 23.2 Å². The second-order valence-corrected chi connectivity index (χ2v) is 5.24. The van der Waals surface area contributed by atoms with E-state index in [9.17, 15) is 4.79 Å². The zero-order valence-electron chi connectivity index (χ0n) is 11.4. The summed E-state index contributed by atoms with van der Waals surface area (Å²) in [6.45, 7) is 6.40. The number of para-hydroxylation sites is 1. The molecule has 0 unspecified atom stereocenters. The van der Waals surface area contributed by atoms with E-state index in [1.807, 2.05) is 0 Å². The summed E-state index contributed by atoms with van der Waals surface area (Å²) in [5.41, 5.74) is 0.490. The molecule has 0 aliphatic heterocycles. The third-order valence-electron chi connectivity index (χ3n) is 2.67. The van der Waals surface area contributed by atoms with Gasteiger partial charge in [-0.05, 0) is 38.1 Å². The summed E-state index contributed by atoms with van der Waals surface area (Å²) >= 11 is 12.0. The number of halogens is 2. The number of amides is 1. The Hall–Kier alpha value is -0.770. The quantitative estimate of drug-likeness (QED) is 0.824. The van der Waals surface area contributed by atoms with Crippen LogP contribution in [-0.4, -0.2) is 30.4 Å². The van der Waals surface area contributed by atoms with Crippen molar-refractivity contribution in [1.29, 1.82) is 0 Å². The van der Waals surface area contributed by atoms with Gasteiger partial charge in [0.2, 0.25) is 5.91 Å². The molecule has 0 atom stereocenters. The van der Waals surface area contributed by atoms with Crippen LogP contribution in [0.1, 0.15) is 26.7 Å². The molecule has 0 heterocycles. The number of nitrogens with one attached hydrogen (secondary N) is 1. The van der Waals surface area contributed by atoms with Crippen LogP contribution in [0.15, 0.2) is 18.2 Å². The van der Waals surface area contributed by atoms with E-state index in [0.717, 1.165) is 25.9 Å². The van der Waals surface area contributed by atoms with Gasteiger partial charge in [0, 0.05) is 0 Å². The molecule has 1 N–H and O–H groups in total. The zero-order chi connectivity index (χ0) is 14.3. The van der Waals surface area contributed by atoms with Gasteiger partial charge in [-0.1, -0.05) is 43.1 Å². The summed E-state index contributed by atoms with van der Waals surface area (Å²) in [7, 11) is 0. The van der Waals surface area contributed by atoms with Crippen LogP contribution in [0.3, 0.4) is 0 Å². The molecule has 0 radical (unpaired) electrons. The molecule has 1 amide bonds. The van der Waals surface area contributed by atoms with Crippen molar-refractivity contribution in [2.75, 3.05) is 25.0 Å². The first-order chi connectivity index (χ1) is 9.08. The Morgan fingerprint density at radius 3 is 2.16 bits per heavy atom. The van der Waals surface area contributed by atoms with Crippen LogP contribution in [0.4, 0.5) is 5.69 Å². The molecule has 3 nitrogen and oxygen atoms in total. The second kappa shape index (κ2) is 8.41. The van der Waals surface area contributed by atoms with E-state index in [1.165, 1.54) is 0 Å². The fraction of sp³-hybridized carbons (Fsp3) is 0.500. The Bertz CT molecular complexity index is 398. The molecule has 19 heavy (non-hydrogen) atoms. The summed E-state index contributed by atoms with van der Waals surface area (Å²) in [5.74, 6) is -0.0862. The van der Waals surface area contributed by atoms with Gasteiger partial charge in [-0.15, -0.1) is 0 Å². The molecule has 0 saturated carbocycles. The first-order valence-corrected chi connectivity index (χ1v) is 7.30. The minimum absolute atomic E-state index is 0.0862.